The van der Waals surface area contributed by atoms with E-state index >= 15 is 0 Å². The number of esters is 2. The van der Waals surface area contributed by atoms with Crippen LogP contribution in [0.15, 0.2) is 36.4 Å². The standard InChI is InChI=1S/C24H28O9/c1-13(25)31-11-19-20(12-32-14(2)26)24(16-7-17(27)10-18(8-16)29-3)33-23(19)15-5-6-22(30-4)21(28)9-15/h5-10,19-20,23-24,27-28H,11-12H2,1-4H3/t19-,20-,23+,24-/m1/s1. The summed E-state index contributed by atoms with van der Waals surface area (Å²) in [6, 6.07) is 9.63. The zero-order valence-corrected chi connectivity index (χ0v) is 18.9. The number of carbonyl (C=O) groups is 2. The summed E-state index contributed by atoms with van der Waals surface area (Å²) in [6.07, 6.45) is -1.24. The summed E-state index contributed by atoms with van der Waals surface area (Å²) in [5, 5.41) is 20.5. The summed E-state index contributed by atoms with van der Waals surface area (Å²) < 4.78 is 27.4. The van der Waals surface area contributed by atoms with Crippen molar-refractivity contribution < 1.29 is 43.5 Å². The van der Waals surface area contributed by atoms with Crippen LogP contribution in [0.1, 0.15) is 37.2 Å². The van der Waals surface area contributed by atoms with Crippen LogP contribution in [-0.4, -0.2) is 49.6 Å². The van der Waals surface area contributed by atoms with Crippen molar-refractivity contribution >= 4 is 11.9 Å². The van der Waals surface area contributed by atoms with Gasteiger partial charge in [-0.05, 0) is 35.4 Å². The van der Waals surface area contributed by atoms with Gasteiger partial charge >= 0.3 is 11.9 Å². The first-order valence-corrected chi connectivity index (χ1v) is 10.4. The minimum atomic E-state index is -0.625. The maximum Gasteiger partial charge on any atom is 0.302 e. The number of carbonyl (C=O) groups excluding carboxylic acids is 2. The molecule has 3 rings (SSSR count). The third-order valence-corrected chi connectivity index (χ3v) is 5.59. The number of hydrogen-bond donors (Lipinski definition) is 2. The number of hydrogen-bond acceptors (Lipinski definition) is 9. The molecule has 33 heavy (non-hydrogen) atoms. The molecule has 2 aromatic carbocycles. The van der Waals surface area contributed by atoms with Gasteiger partial charge in [0.2, 0.25) is 0 Å². The van der Waals surface area contributed by atoms with Crippen molar-refractivity contribution in [3.05, 3.63) is 47.5 Å². The molecule has 2 N–H and O–H groups in total. The van der Waals surface area contributed by atoms with E-state index in [1.807, 2.05) is 0 Å². The maximum absolute atomic E-state index is 11.6. The molecule has 9 nitrogen and oxygen atoms in total. The summed E-state index contributed by atoms with van der Waals surface area (Å²) in [5.74, 6) is -1.10. The number of aromatic hydroxyl groups is 2. The summed E-state index contributed by atoms with van der Waals surface area (Å²) in [7, 11) is 2.93. The second-order valence-electron chi connectivity index (χ2n) is 7.81. The fraction of sp³-hybridized carbons (Fsp3) is 0.417. The topological polar surface area (TPSA) is 121 Å². The molecule has 1 heterocycles. The molecule has 1 aliphatic rings. The molecule has 1 aliphatic heterocycles. The number of ether oxygens (including phenoxy) is 5. The summed E-state index contributed by atoms with van der Waals surface area (Å²) in [6.45, 7) is 2.62. The average Bonchev–Trinajstić information content (AvgIpc) is 3.14. The Morgan fingerprint density at radius 2 is 1.45 bits per heavy atom. The van der Waals surface area contributed by atoms with Crippen molar-refractivity contribution in [2.45, 2.75) is 26.1 Å². The predicted octanol–water partition coefficient (Wildman–Crippen LogP) is 3.29. The zero-order valence-electron chi connectivity index (χ0n) is 18.9. The van der Waals surface area contributed by atoms with Crippen molar-refractivity contribution in [3.8, 4) is 23.0 Å². The van der Waals surface area contributed by atoms with E-state index in [1.54, 1.807) is 24.3 Å². The van der Waals surface area contributed by atoms with E-state index in [0.717, 1.165) is 0 Å². The van der Waals surface area contributed by atoms with E-state index in [-0.39, 0.29) is 24.7 Å². The van der Waals surface area contributed by atoms with Crippen LogP contribution in [0, 0.1) is 11.8 Å². The lowest BCUT2D eigenvalue weighted by molar-refractivity contribution is -0.146. The Balaban J connectivity index is 2.05. The van der Waals surface area contributed by atoms with Gasteiger partial charge in [0, 0.05) is 31.7 Å². The maximum atomic E-state index is 11.6. The lowest BCUT2D eigenvalue weighted by Gasteiger charge is -2.24. The Bertz CT molecular complexity index is 1000. The van der Waals surface area contributed by atoms with E-state index in [1.165, 1.54) is 40.2 Å². The second kappa shape index (κ2) is 10.4. The predicted molar refractivity (Wildman–Crippen MR) is 116 cm³/mol. The van der Waals surface area contributed by atoms with E-state index in [2.05, 4.69) is 0 Å². The molecule has 0 unspecified atom stereocenters. The molecule has 178 valence electrons. The molecule has 9 heteroatoms. The normalized spacial score (nSPS) is 21.9. The Morgan fingerprint density at radius 3 is 1.97 bits per heavy atom. The lowest BCUT2D eigenvalue weighted by Crippen LogP contribution is -2.27. The van der Waals surface area contributed by atoms with E-state index < -0.39 is 36.0 Å². The van der Waals surface area contributed by atoms with Crippen molar-refractivity contribution in [2.75, 3.05) is 27.4 Å². The largest absolute Gasteiger partial charge is 0.508 e. The van der Waals surface area contributed by atoms with Crippen LogP contribution in [0.4, 0.5) is 0 Å². The fourth-order valence-corrected chi connectivity index (χ4v) is 4.08. The second-order valence-corrected chi connectivity index (χ2v) is 7.81. The van der Waals surface area contributed by atoms with Gasteiger partial charge in [-0.3, -0.25) is 9.59 Å². The highest BCUT2D eigenvalue weighted by Crippen LogP contribution is 2.51. The molecule has 2 aromatic rings. The molecule has 1 fully saturated rings. The number of methoxy groups -OCH3 is 2. The highest BCUT2D eigenvalue weighted by Gasteiger charge is 2.47. The summed E-state index contributed by atoms with van der Waals surface area (Å²) in [5.41, 5.74) is 1.24. The summed E-state index contributed by atoms with van der Waals surface area (Å²) in [4.78, 5) is 23.2. The quantitative estimate of drug-likeness (QED) is 0.572. The van der Waals surface area contributed by atoms with Crippen molar-refractivity contribution in [1.82, 2.24) is 0 Å². The molecule has 0 saturated carbocycles. The number of phenolic OH excluding ortho intramolecular Hbond substituents is 2. The Labute approximate surface area is 191 Å². The molecule has 0 amide bonds. The van der Waals surface area contributed by atoms with Gasteiger partial charge in [0.25, 0.3) is 0 Å². The number of phenols is 2. The van der Waals surface area contributed by atoms with Crippen LogP contribution in [0.2, 0.25) is 0 Å². The molecule has 4 atom stereocenters. The van der Waals surface area contributed by atoms with Gasteiger partial charge in [0.1, 0.15) is 11.5 Å². The molecule has 0 bridgehead atoms. The molecule has 0 aliphatic carbocycles. The molecule has 0 aromatic heterocycles. The molecular formula is C24H28O9. The first-order chi connectivity index (χ1) is 15.7. The minimum absolute atomic E-state index is 0.00252. The van der Waals surface area contributed by atoms with Crippen molar-refractivity contribution in [1.29, 1.82) is 0 Å². The van der Waals surface area contributed by atoms with Gasteiger partial charge in [-0.25, -0.2) is 0 Å². The fourth-order valence-electron chi connectivity index (χ4n) is 4.08. The molecule has 0 spiro atoms. The smallest absolute Gasteiger partial charge is 0.302 e. The van der Waals surface area contributed by atoms with Gasteiger partial charge in [-0.2, -0.15) is 0 Å². The van der Waals surface area contributed by atoms with Gasteiger partial charge in [0.15, 0.2) is 11.5 Å². The first-order valence-electron chi connectivity index (χ1n) is 10.4. The Morgan fingerprint density at radius 1 is 0.848 bits per heavy atom. The van der Waals surface area contributed by atoms with Crippen LogP contribution in [0.5, 0.6) is 23.0 Å². The Hall–Kier alpha value is -3.46. The van der Waals surface area contributed by atoms with Crippen LogP contribution in [-0.2, 0) is 23.8 Å². The van der Waals surface area contributed by atoms with Gasteiger partial charge in [-0.15, -0.1) is 0 Å². The zero-order chi connectivity index (χ0) is 24.1. The molecule has 1 saturated heterocycles. The third-order valence-electron chi connectivity index (χ3n) is 5.59. The van der Waals surface area contributed by atoms with Gasteiger partial charge < -0.3 is 33.9 Å². The third kappa shape index (κ3) is 5.67. The van der Waals surface area contributed by atoms with Crippen LogP contribution in [0.25, 0.3) is 0 Å². The van der Waals surface area contributed by atoms with E-state index in [0.29, 0.717) is 22.6 Å². The van der Waals surface area contributed by atoms with Crippen molar-refractivity contribution in [3.63, 3.8) is 0 Å². The number of benzene rings is 2. The minimum Gasteiger partial charge on any atom is -0.508 e. The first kappa shape index (κ1) is 24.2. The van der Waals surface area contributed by atoms with Crippen molar-refractivity contribution in [2.24, 2.45) is 11.8 Å². The monoisotopic (exact) mass is 460 g/mol. The molecular weight excluding hydrogens is 432 g/mol. The highest BCUT2D eigenvalue weighted by molar-refractivity contribution is 5.66. The summed E-state index contributed by atoms with van der Waals surface area (Å²) >= 11 is 0. The van der Waals surface area contributed by atoms with E-state index in [9.17, 15) is 19.8 Å². The average molecular weight is 460 g/mol. The van der Waals surface area contributed by atoms with Crippen LogP contribution >= 0.6 is 0 Å². The Kier molecular flexibility index (Phi) is 7.65. The molecule has 0 radical (unpaired) electrons. The van der Waals surface area contributed by atoms with Crippen LogP contribution in [0.3, 0.4) is 0 Å². The van der Waals surface area contributed by atoms with Crippen LogP contribution < -0.4 is 9.47 Å². The SMILES string of the molecule is COc1cc(O)cc([C@H]2O[C@@H](c3ccc(OC)c(O)c3)[C@H](COC(C)=O)[C@H]2COC(C)=O)c1. The van der Waals surface area contributed by atoms with Gasteiger partial charge in [-0.1, -0.05) is 6.07 Å². The van der Waals surface area contributed by atoms with E-state index in [4.69, 9.17) is 23.7 Å². The highest BCUT2D eigenvalue weighted by atomic mass is 16.6. The van der Waals surface area contributed by atoms with Gasteiger partial charge in [0.05, 0.1) is 39.6 Å². The lowest BCUT2D eigenvalue weighted by atomic mass is 9.83. The number of rotatable bonds is 8.